The number of rotatable bonds is 2. The maximum Gasteiger partial charge on any atom is 0.123 e. The number of thiophene rings is 1. The van der Waals surface area contributed by atoms with Gasteiger partial charge in [0.1, 0.15) is 5.75 Å². The third kappa shape index (κ3) is 1.29. The Hall–Kier alpha value is -1.06. The molecule has 1 N–H and O–H groups in total. The first-order chi connectivity index (χ1) is 6.77. The lowest BCUT2D eigenvalue weighted by Crippen LogP contribution is -1.87. The van der Waals surface area contributed by atoms with Gasteiger partial charge in [-0.05, 0) is 35.4 Å². The number of hydrogen-bond acceptors (Lipinski definition) is 3. The van der Waals surface area contributed by atoms with Crippen molar-refractivity contribution < 1.29 is 9.84 Å². The van der Waals surface area contributed by atoms with Crippen LogP contribution in [0.25, 0.3) is 10.1 Å². The molecule has 0 unspecified atom stereocenters. The van der Waals surface area contributed by atoms with Gasteiger partial charge in [-0.25, -0.2) is 0 Å². The second kappa shape index (κ2) is 3.59. The molecule has 1 aromatic carbocycles. The molecule has 0 saturated carbocycles. The van der Waals surface area contributed by atoms with Gasteiger partial charge in [-0.2, -0.15) is 0 Å². The van der Waals surface area contributed by atoms with Crippen molar-refractivity contribution in [2.24, 2.45) is 0 Å². The van der Waals surface area contributed by atoms with Crippen molar-refractivity contribution in [3.63, 3.8) is 0 Å². The Morgan fingerprint density at radius 3 is 2.86 bits per heavy atom. The summed E-state index contributed by atoms with van der Waals surface area (Å²) >= 11 is 1.65. The summed E-state index contributed by atoms with van der Waals surface area (Å²) < 4.78 is 6.44. The van der Waals surface area contributed by atoms with Crippen LogP contribution in [-0.4, -0.2) is 12.2 Å². The summed E-state index contributed by atoms with van der Waals surface area (Å²) in [5, 5.41) is 12.2. The summed E-state index contributed by atoms with van der Waals surface area (Å²) in [4.78, 5) is 0. The van der Waals surface area contributed by atoms with Gasteiger partial charge in [-0.1, -0.05) is 0 Å². The number of methoxy groups -OCH3 is 1. The van der Waals surface area contributed by atoms with Crippen molar-refractivity contribution >= 4 is 21.4 Å². The average Bonchev–Trinajstić information content (AvgIpc) is 2.62. The first kappa shape index (κ1) is 9.49. The standard InChI is InChI=1S/C11H12O2S/c1-7-10(13-2)4-3-9-8(5-12)6-14-11(7)9/h3-4,6,12H,5H2,1-2H3. The van der Waals surface area contributed by atoms with Crippen molar-refractivity contribution in [2.45, 2.75) is 13.5 Å². The third-order valence-corrected chi connectivity index (χ3v) is 3.58. The lowest BCUT2D eigenvalue weighted by Gasteiger charge is -2.05. The highest BCUT2D eigenvalue weighted by molar-refractivity contribution is 7.17. The molecule has 14 heavy (non-hydrogen) atoms. The molecule has 0 spiro atoms. The minimum Gasteiger partial charge on any atom is -0.496 e. The topological polar surface area (TPSA) is 29.5 Å². The van der Waals surface area contributed by atoms with E-state index < -0.39 is 0 Å². The zero-order chi connectivity index (χ0) is 10.1. The van der Waals surface area contributed by atoms with E-state index in [0.717, 1.165) is 22.3 Å². The molecule has 2 rings (SSSR count). The summed E-state index contributed by atoms with van der Waals surface area (Å²) in [5.41, 5.74) is 2.14. The molecule has 0 saturated heterocycles. The van der Waals surface area contributed by atoms with E-state index in [0.29, 0.717) is 0 Å². The third-order valence-electron chi connectivity index (χ3n) is 2.41. The largest absolute Gasteiger partial charge is 0.496 e. The predicted octanol–water partition coefficient (Wildman–Crippen LogP) is 2.71. The lowest BCUT2D eigenvalue weighted by atomic mass is 10.1. The van der Waals surface area contributed by atoms with Gasteiger partial charge in [-0.15, -0.1) is 11.3 Å². The second-order valence-electron chi connectivity index (χ2n) is 3.19. The van der Waals surface area contributed by atoms with E-state index in [1.807, 2.05) is 24.4 Å². The molecule has 0 aliphatic carbocycles. The molecule has 0 fully saturated rings. The van der Waals surface area contributed by atoms with Crippen molar-refractivity contribution in [3.05, 3.63) is 28.6 Å². The first-order valence-corrected chi connectivity index (χ1v) is 5.30. The van der Waals surface area contributed by atoms with Crippen LogP contribution >= 0.6 is 11.3 Å². The number of aryl methyl sites for hydroxylation is 1. The van der Waals surface area contributed by atoms with Crippen LogP contribution in [0, 0.1) is 6.92 Å². The van der Waals surface area contributed by atoms with E-state index in [-0.39, 0.29) is 6.61 Å². The van der Waals surface area contributed by atoms with Gasteiger partial charge in [0.05, 0.1) is 13.7 Å². The molecule has 3 heteroatoms. The quantitative estimate of drug-likeness (QED) is 0.822. The molecule has 1 aromatic heterocycles. The number of hydrogen-bond donors (Lipinski definition) is 1. The van der Waals surface area contributed by atoms with Crippen molar-refractivity contribution in [3.8, 4) is 5.75 Å². The molecule has 0 aliphatic rings. The van der Waals surface area contributed by atoms with E-state index in [9.17, 15) is 0 Å². The Labute approximate surface area is 86.8 Å². The van der Waals surface area contributed by atoms with Crippen molar-refractivity contribution in [2.75, 3.05) is 7.11 Å². The van der Waals surface area contributed by atoms with E-state index in [1.54, 1.807) is 18.4 Å². The van der Waals surface area contributed by atoms with E-state index >= 15 is 0 Å². The van der Waals surface area contributed by atoms with E-state index in [2.05, 4.69) is 0 Å². The van der Waals surface area contributed by atoms with E-state index in [1.165, 1.54) is 4.70 Å². The molecule has 0 aliphatic heterocycles. The number of benzene rings is 1. The summed E-state index contributed by atoms with van der Waals surface area (Å²) in [6, 6.07) is 3.95. The second-order valence-corrected chi connectivity index (χ2v) is 4.07. The Morgan fingerprint density at radius 1 is 1.43 bits per heavy atom. The highest BCUT2D eigenvalue weighted by Gasteiger charge is 2.08. The highest BCUT2D eigenvalue weighted by atomic mass is 32.1. The minimum absolute atomic E-state index is 0.103. The fourth-order valence-corrected chi connectivity index (χ4v) is 2.68. The molecular weight excluding hydrogens is 196 g/mol. The first-order valence-electron chi connectivity index (χ1n) is 4.42. The Morgan fingerprint density at radius 2 is 2.21 bits per heavy atom. The van der Waals surface area contributed by atoms with Gasteiger partial charge in [0.25, 0.3) is 0 Å². The summed E-state index contributed by atoms with van der Waals surface area (Å²) in [6.07, 6.45) is 0. The molecule has 2 nitrogen and oxygen atoms in total. The van der Waals surface area contributed by atoms with Crippen LogP contribution in [-0.2, 0) is 6.61 Å². The van der Waals surface area contributed by atoms with Crippen molar-refractivity contribution in [1.82, 2.24) is 0 Å². The smallest absolute Gasteiger partial charge is 0.123 e. The zero-order valence-electron chi connectivity index (χ0n) is 8.20. The summed E-state index contributed by atoms with van der Waals surface area (Å²) in [6.45, 7) is 2.14. The number of fused-ring (bicyclic) bond motifs is 1. The van der Waals surface area contributed by atoms with Crippen LogP contribution in [0.1, 0.15) is 11.1 Å². The van der Waals surface area contributed by atoms with Crippen LogP contribution in [0.4, 0.5) is 0 Å². The maximum absolute atomic E-state index is 9.12. The van der Waals surface area contributed by atoms with Crippen LogP contribution in [0.5, 0.6) is 5.75 Å². The monoisotopic (exact) mass is 208 g/mol. The van der Waals surface area contributed by atoms with Gasteiger partial charge in [0, 0.05) is 10.3 Å². The molecule has 0 bridgehead atoms. The van der Waals surface area contributed by atoms with Crippen molar-refractivity contribution in [1.29, 1.82) is 0 Å². The predicted molar refractivity (Wildman–Crippen MR) is 59.0 cm³/mol. The fraction of sp³-hybridized carbons (Fsp3) is 0.273. The number of aliphatic hydroxyl groups is 1. The highest BCUT2D eigenvalue weighted by Crippen LogP contribution is 2.33. The molecule has 0 atom stereocenters. The zero-order valence-corrected chi connectivity index (χ0v) is 9.02. The SMILES string of the molecule is COc1ccc2c(CO)csc2c1C. The molecule has 74 valence electrons. The minimum atomic E-state index is 0.103. The normalized spacial score (nSPS) is 10.8. The number of aliphatic hydroxyl groups excluding tert-OH is 1. The van der Waals surface area contributed by atoms with E-state index in [4.69, 9.17) is 9.84 Å². The molecule has 0 radical (unpaired) electrons. The molecule has 1 heterocycles. The van der Waals surface area contributed by atoms with Gasteiger partial charge >= 0.3 is 0 Å². The van der Waals surface area contributed by atoms with Gasteiger partial charge in [0.15, 0.2) is 0 Å². The lowest BCUT2D eigenvalue weighted by molar-refractivity contribution is 0.284. The van der Waals surface area contributed by atoms with Crippen LogP contribution in [0.15, 0.2) is 17.5 Å². The summed E-state index contributed by atoms with van der Waals surface area (Å²) in [5.74, 6) is 0.906. The van der Waals surface area contributed by atoms with Crippen LogP contribution < -0.4 is 4.74 Å². The fourth-order valence-electron chi connectivity index (χ4n) is 1.62. The van der Waals surface area contributed by atoms with Gasteiger partial charge < -0.3 is 9.84 Å². The van der Waals surface area contributed by atoms with Crippen LogP contribution in [0.2, 0.25) is 0 Å². The Kier molecular flexibility index (Phi) is 2.44. The average molecular weight is 208 g/mol. The van der Waals surface area contributed by atoms with Crippen LogP contribution in [0.3, 0.4) is 0 Å². The Balaban J connectivity index is 2.72. The molecule has 0 amide bonds. The van der Waals surface area contributed by atoms with Gasteiger partial charge in [0.2, 0.25) is 0 Å². The summed E-state index contributed by atoms with van der Waals surface area (Å²) in [7, 11) is 1.68. The molecular formula is C11H12O2S. The molecule has 2 aromatic rings. The van der Waals surface area contributed by atoms with Gasteiger partial charge in [-0.3, -0.25) is 0 Å². The Bertz CT molecular complexity index is 460. The number of ether oxygens (including phenoxy) is 1. The maximum atomic E-state index is 9.12.